The molecule has 2 atom stereocenters. The average Bonchev–Trinajstić information content (AvgIpc) is 2.29. The zero-order valence-corrected chi connectivity index (χ0v) is 11.3. The summed E-state index contributed by atoms with van der Waals surface area (Å²) in [5.74, 6) is 1.20. The second-order valence-corrected chi connectivity index (χ2v) is 5.74. The van der Waals surface area contributed by atoms with Gasteiger partial charge in [-0.05, 0) is 19.4 Å². The molecule has 0 radical (unpaired) electrons. The Morgan fingerprint density at radius 2 is 2.41 bits per heavy atom. The number of nitrogens with zero attached hydrogens (tertiary/aromatic N) is 2. The lowest BCUT2D eigenvalue weighted by Crippen LogP contribution is -2.18. The zero-order chi connectivity index (χ0) is 12.8. The van der Waals surface area contributed by atoms with Gasteiger partial charge < -0.3 is 5.32 Å². The monoisotopic (exact) mass is 271 g/mol. The van der Waals surface area contributed by atoms with E-state index in [9.17, 15) is 4.21 Å². The molecule has 0 amide bonds. The molecule has 1 N–H and O–H groups in total. The molecule has 0 aromatic carbocycles. The van der Waals surface area contributed by atoms with E-state index in [0.29, 0.717) is 22.2 Å². The maximum atomic E-state index is 11.0. The van der Waals surface area contributed by atoms with Crippen LogP contribution in [0.5, 0.6) is 0 Å². The fourth-order valence-electron chi connectivity index (χ4n) is 1.25. The fourth-order valence-corrected chi connectivity index (χ4v) is 2.16. The van der Waals surface area contributed by atoms with Crippen molar-refractivity contribution in [1.29, 1.82) is 5.26 Å². The molecular formula is C11H14ClN3OS. The summed E-state index contributed by atoms with van der Waals surface area (Å²) >= 11 is 5.98. The standard InChI is InChI=1S/C11H14ClN3OS/c1-8(3-4-17(2)16)15-11-10(12)5-9(6-13)7-14-11/h5,7-8H,3-4H2,1-2H3,(H,14,15)/t8-,17-/m1/s1. The van der Waals surface area contributed by atoms with Gasteiger partial charge in [-0.25, -0.2) is 4.98 Å². The first kappa shape index (κ1) is 13.9. The Labute approximate surface area is 108 Å². The van der Waals surface area contributed by atoms with Crippen LogP contribution in [0.4, 0.5) is 5.82 Å². The normalized spacial score (nSPS) is 13.8. The maximum Gasteiger partial charge on any atom is 0.145 e. The molecule has 0 unspecified atom stereocenters. The number of anilines is 1. The Kier molecular flexibility index (Phi) is 5.39. The topological polar surface area (TPSA) is 65.8 Å². The van der Waals surface area contributed by atoms with Gasteiger partial charge in [-0.3, -0.25) is 4.21 Å². The van der Waals surface area contributed by atoms with Crippen LogP contribution in [0, 0.1) is 11.3 Å². The van der Waals surface area contributed by atoms with Gasteiger partial charge in [0.1, 0.15) is 11.9 Å². The van der Waals surface area contributed by atoms with E-state index in [2.05, 4.69) is 10.3 Å². The molecule has 0 saturated heterocycles. The van der Waals surface area contributed by atoms with E-state index in [1.54, 1.807) is 12.3 Å². The van der Waals surface area contributed by atoms with E-state index in [1.807, 2.05) is 13.0 Å². The predicted molar refractivity (Wildman–Crippen MR) is 70.6 cm³/mol. The van der Waals surface area contributed by atoms with Crippen LogP contribution >= 0.6 is 11.6 Å². The molecule has 4 nitrogen and oxygen atoms in total. The highest BCUT2D eigenvalue weighted by Crippen LogP contribution is 2.20. The SMILES string of the molecule is C[C@H](CC[S@@](C)=O)Nc1ncc(C#N)cc1Cl. The highest BCUT2D eigenvalue weighted by molar-refractivity contribution is 7.84. The summed E-state index contributed by atoms with van der Waals surface area (Å²) in [6.45, 7) is 1.98. The summed E-state index contributed by atoms with van der Waals surface area (Å²) in [5.41, 5.74) is 0.433. The van der Waals surface area contributed by atoms with Crippen molar-refractivity contribution < 1.29 is 4.21 Å². The number of halogens is 1. The molecule has 92 valence electrons. The number of nitriles is 1. The Bertz CT molecular complexity index is 459. The quantitative estimate of drug-likeness (QED) is 0.891. The minimum absolute atomic E-state index is 0.136. The number of rotatable bonds is 5. The smallest absolute Gasteiger partial charge is 0.145 e. The Morgan fingerprint density at radius 3 is 2.94 bits per heavy atom. The minimum Gasteiger partial charge on any atom is -0.366 e. The number of aromatic nitrogens is 1. The highest BCUT2D eigenvalue weighted by atomic mass is 35.5. The molecule has 0 spiro atoms. The summed E-state index contributed by atoms with van der Waals surface area (Å²) in [6.07, 6.45) is 3.93. The van der Waals surface area contributed by atoms with Crippen LogP contribution < -0.4 is 5.32 Å². The van der Waals surface area contributed by atoms with Crippen molar-refractivity contribution in [1.82, 2.24) is 4.98 Å². The van der Waals surface area contributed by atoms with E-state index in [1.165, 1.54) is 6.20 Å². The molecule has 0 bridgehead atoms. The van der Waals surface area contributed by atoms with Gasteiger partial charge in [-0.15, -0.1) is 0 Å². The number of hydrogen-bond acceptors (Lipinski definition) is 4. The molecule has 1 aromatic rings. The largest absolute Gasteiger partial charge is 0.366 e. The third-order valence-electron chi connectivity index (χ3n) is 2.19. The van der Waals surface area contributed by atoms with Crippen molar-refractivity contribution in [3.63, 3.8) is 0 Å². The summed E-state index contributed by atoms with van der Waals surface area (Å²) in [4.78, 5) is 4.07. The zero-order valence-electron chi connectivity index (χ0n) is 9.74. The molecule has 0 aliphatic heterocycles. The number of pyridine rings is 1. The van der Waals surface area contributed by atoms with Gasteiger partial charge in [0.25, 0.3) is 0 Å². The van der Waals surface area contributed by atoms with Crippen molar-refractivity contribution in [2.75, 3.05) is 17.3 Å². The number of hydrogen-bond donors (Lipinski definition) is 1. The third-order valence-corrected chi connectivity index (χ3v) is 3.29. The average molecular weight is 272 g/mol. The van der Waals surface area contributed by atoms with Crippen LogP contribution in [0.2, 0.25) is 5.02 Å². The molecule has 0 aliphatic rings. The molecule has 17 heavy (non-hydrogen) atoms. The fraction of sp³-hybridized carbons (Fsp3) is 0.455. The lowest BCUT2D eigenvalue weighted by molar-refractivity contribution is 0.678. The molecule has 0 saturated carbocycles. The highest BCUT2D eigenvalue weighted by Gasteiger charge is 2.08. The summed E-state index contributed by atoms with van der Waals surface area (Å²) < 4.78 is 11.0. The van der Waals surface area contributed by atoms with Crippen molar-refractivity contribution in [2.24, 2.45) is 0 Å². The van der Waals surface area contributed by atoms with Crippen molar-refractivity contribution >= 4 is 28.2 Å². The molecule has 0 fully saturated rings. The molecule has 1 rings (SSSR count). The van der Waals surface area contributed by atoms with E-state index < -0.39 is 10.8 Å². The molecule has 0 aliphatic carbocycles. The van der Waals surface area contributed by atoms with Crippen LogP contribution in [-0.2, 0) is 10.8 Å². The minimum atomic E-state index is -0.791. The molecule has 1 heterocycles. The van der Waals surface area contributed by atoms with Crippen molar-refractivity contribution in [2.45, 2.75) is 19.4 Å². The van der Waals surface area contributed by atoms with Crippen LogP contribution in [0.3, 0.4) is 0 Å². The van der Waals surface area contributed by atoms with Gasteiger partial charge >= 0.3 is 0 Å². The lowest BCUT2D eigenvalue weighted by Gasteiger charge is -2.14. The first-order valence-electron chi connectivity index (χ1n) is 5.15. The summed E-state index contributed by atoms with van der Waals surface area (Å²) in [7, 11) is -0.791. The van der Waals surface area contributed by atoms with Crippen molar-refractivity contribution in [3.05, 3.63) is 22.8 Å². The first-order chi connectivity index (χ1) is 8.02. The van der Waals surface area contributed by atoms with E-state index in [-0.39, 0.29) is 6.04 Å². The molecule has 6 heteroatoms. The lowest BCUT2D eigenvalue weighted by atomic mass is 10.2. The Balaban J connectivity index is 2.62. The summed E-state index contributed by atoms with van der Waals surface area (Å²) in [5, 5.41) is 12.2. The predicted octanol–water partition coefficient (Wildman–Crippen LogP) is 2.18. The van der Waals surface area contributed by atoms with Crippen molar-refractivity contribution in [3.8, 4) is 6.07 Å². The van der Waals surface area contributed by atoms with Gasteiger partial charge in [0.15, 0.2) is 0 Å². The van der Waals surface area contributed by atoms with E-state index in [0.717, 1.165) is 6.42 Å². The Morgan fingerprint density at radius 1 is 1.71 bits per heavy atom. The Hall–Kier alpha value is -1.12. The van der Waals surface area contributed by atoms with Gasteiger partial charge in [0.2, 0.25) is 0 Å². The van der Waals surface area contributed by atoms with Gasteiger partial charge in [-0.1, -0.05) is 11.6 Å². The van der Waals surface area contributed by atoms with E-state index >= 15 is 0 Å². The first-order valence-corrected chi connectivity index (χ1v) is 7.25. The van der Waals surface area contributed by atoms with Crippen LogP contribution in [0.25, 0.3) is 0 Å². The van der Waals surface area contributed by atoms with Gasteiger partial charge in [-0.2, -0.15) is 5.26 Å². The third kappa shape index (κ3) is 4.72. The molecular weight excluding hydrogens is 258 g/mol. The number of nitrogens with one attached hydrogen (secondary N) is 1. The second-order valence-electron chi connectivity index (χ2n) is 3.78. The summed E-state index contributed by atoms with van der Waals surface area (Å²) in [6, 6.07) is 3.68. The van der Waals surface area contributed by atoms with Crippen LogP contribution in [0.1, 0.15) is 18.9 Å². The van der Waals surface area contributed by atoms with Crippen LogP contribution in [-0.4, -0.2) is 27.2 Å². The van der Waals surface area contributed by atoms with Crippen LogP contribution in [0.15, 0.2) is 12.3 Å². The maximum absolute atomic E-state index is 11.0. The van der Waals surface area contributed by atoms with E-state index in [4.69, 9.17) is 16.9 Å². The molecule has 1 aromatic heterocycles. The second kappa shape index (κ2) is 6.58. The van der Waals surface area contributed by atoms with Gasteiger partial charge in [0, 0.05) is 35.0 Å². The van der Waals surface area contributed by atoms with Gasteiger partial charge in [0.05, 0.1) is 10.6 Å².